The zero-order valence-corrected chi connectivity index (χ0v) is 21.6. The second-order valence-corrected chi connectivity index (χ2v) is 12.3. The first kappa shape index (κ1) is 26.8. The topological polar surface area (TPSA) is 46.5 Å². The quantitative estimate of drug-likeness (QED) is 0.112. The molecule has 2 bridgehead atoms. The van der Waals surface area contributed by atoms with Crippen molar-refractivity contribution in [3.05, 3.63) is 90.5 Å². The van der Waals surface area contributed by atoms with Crippen LogP contribution in [-0.2, 0) is 4.74 Å². The molecule has 0 radical (unpaired) electrons. The number of carbonyl (C=O) groups excluding carboxylic acids is 1. The van der Waals surface area contributed by atoms with Gasteiger partial charge in [-0.25, -0.2) is 4.79 Å². The molecule has 1 aromatic heterocycles. The number of esters is 1. The third-order valence-corrected chi connectivity index (χ3v) is 10.4. The summed E-state index contributed by atoms with van der Waals surface area (Å²) in [7, 11) is -0.511. The van der Waals surface area contributed by atoms with Crippen LogP contribution in [0.5, 0.6) is 0 Å². The van der Waals surface area contributed by atoms with Gasteiger partial charge >= 0.3 is 18.3 Å². The van der Waals surface area contributed by atoms with Gasteiger partial charge in [-0.1, -0.05) is 42.5 Å². The molecule has 6 rings (SSSR count). The maximum atomic E-state index is 14.0. The van der Waals surface area contributed by atoms with E-state index in [9.17, 15) is 36.2 Å². The lowest BCUT2D eigenvalue weighted by atomic mass is 9.78. The fraction of sp³-hybridized carbons (Fsp3) is 0.300. The van der Waals surface area contributed by atoms with Gasteiger partial charge in [0, 0.05) is 27.2 Å². The number of hydrogen-bond donors (Lipinski definition) is 1. The smallest absolute Gasteiger partial charge is 0.430 e. The first-order valence-corrected chi connectivity index (χ1v) is 13.9. The second kappa shape index (κ2) is 9.34. The third kappa shape index (κ3) is 4.11. The van der Waals surface area contributed by atoms with Crippen LogP contribution in [0.4, 0.5) is 26.3 Å². The molecule has 3 nitrogen and oxygen atoms in total. The largest absolute Gasteiger partial charge is 0.455 e. The van der Waals surface area contributed by atoms with Gasteiger partial charge in [0.2, 0.25) is 0 Å². The molecule has 1 heterocycles. The Morgan fingerprint density at radius 1 is 0.825 bits per heavy atom. The predicted octanol–water partition coefficient (Wildman–Crippen LogP) is 8.32. The number of carbonyl (C=O) groups is 1. The maximum absolute atomic E-state index is 14.0. The van der Waals surface area contributed by atoms with Crippen LogP contribution < -0.4 is 0 Å². The standard InChI is InChI=1S/C30H23F6O3S/c31-29(32,33)28(38,30(34,35)36)26(22-15-17-10-11-18(22)14-17)39-27(37)19-12-13-25-23(16-19)21-8-4-5-9-24(21)40(25)20-6-2-1-3-7-20/h1-13,16-18,22,26,38H,14-15H2/q+1. The Morgan fingerprint density at radius 3 is 2.10 bits per heavy atom. The van der Waals surface area contributed by atoms with Gasteiger partial charge in [0.25, 0.3) is 5.60 Å². The molecule has 2 aliphatic carbocycles. The lowest BCUT2D eigenvalue weighted by Crippen LogP contribution is -2.67. The van der Waals surface area contributed by atoms with Crippen LogP contribution in [0, 0.1) is 17.8 Å². The highest BCUT2D eigenvalue weighted by Gasteiger charge is 2.77. The van der Waals surface area contributed by atoms with Crippen molar-refractivity contribution in [2.24, 2.45) is 17.8 Å². The van der Waals surface area contributed by atoms with Crippen LogP contribution in [0.3, 0.4) is 0 Å². The number of aliphatic hydroxyl groups is 1. The lowest BCUT2D eigenvalue weighted by molar-refractivity contribution is -0.395. The Kier molecular flexibility index (Phi) is 6.27. The van der Waals surface area contributed by atoms with E-state index in [2.05, 4.69) is 0 Å². The van der Waals surface area contributed by atoms with E-state index in [0.29, 0.717) is 11.8 Å². The van der Waals surface area contributed by atoms with Crippen molar-refractivity contribution in [1.82, 2.24) is 0 Å². The zero-order valence-electron chi connectivity index (χ0n) is 20.7. The number of rotatable bonds is 5. The van der Waals surface area contributed by atoms with Gasteiger partial charge in [-0.2, -0.15) is 26.3 Å². The van der Waals surface area contributed by atoms with Crippen LogP contribution in [0.15, 0.2) is 84.9 Å². The van der Waals surface area contributed by atoms with Crippen molar-refractivity contribution in [1.29, 1.82) is 0 Å². The Labute approximate surface area is 227 Å². The predicted molar refractivity (Wildman–Crippen MR) is 140 cm³/mol. The summed E-state index contributed by atoms with van der Waals surface area (Å²) in [4.78, 5) is 14.3. The minimum absolute atomic E-state index is 0.0506. The van der Waals surface area contributed by atoms with Crippen molar-refractivity contribution in [2.45, 2.75) is 36.9 Å². The monoisotopic (exact) mass is 577 g/mol. The van der Waals surface area contributed by atoms with Gasteiger partial charge in [-0.3, -0.25) is 0 Å². The van der Waals surface area contributed by atoms with E-state index in [4.69, 9.17) is 4.74 Å². The van der Waals surface area contributed by atoms with E-state index in [0.717, 1.165) is 19.7 Å². The highest BCUT2D eigenvalue weighted by atomic mass is 32.2. The number of hydrogen-bond acceptors (Lipinski definition) is 3. The molecule has 3 aromatic carbocycles. The molecule has 1 saturated carbocycles. The molecule has 10 heteroatoms. The molecule has 0 saturated heterocycles. The number of halogens is 6. The second-order valence-electron chi connectivity index (χ2n) is 10.4. The van der Waals surface area contributed by atoms with Crippen LogP contribution in [-0.4, -0.2) is 35.1 Å². The fourth-order valence-corrected chi connectivity index (χ4v) is 8.54. The zero-order chi connectivity index (χ0) is 28.4. The number of allylic oxidation sites excluding steroid dienone is 2. The fourth-order valence-electron chi connectivity index (χ4n) is 6.16. The minimum atomic E-state index is -6.12. The van der Waals surface area contributed by atoms with Gasteiger partial charge < -0.3 is 9.84 Å². The van der Waals surface area contributed by atoms with Crippen LogP contribution in [0.1, 0.15) is 23.2 Å². The van der Waals surface area contributed by atoms with Crippen molar-refractivity contribution >= 4 is 36.6 Å². The normalized spacial score (nSPS) is 22.3. The summed E-state index contributed by atoms with van der Waals surface area (Å²) < 4.78 is 90.8. The summed E-state index contributed by atoms with van der Waals surface area (Å²) in [5.41, 5.74) is -5.41. The summed E-state index contributed by atoms with van der Waals surface area (Å²) in [6.45, 7) is 0. The summed E-state index contributed by atoms with van der Waals surface area (Å²) in [6.07, 6.45) is -11.5. The number of benzene rings is 3. The molecule has 0 amide bonds. The average molecular weight is 578 g/mol. The first-order chi connectivity index (χ1) is 18.9. The summed E-state index contributed by atoms with van der Waals surface area (Å²) >= 11 is 0. The molecular weight excluding hydrogens is 554 g/mol. The molecule has 0 aliphatic heterocycles. The maximum Gasteiger partial charge on any atom is 0.430 e. The van der Waals surface area contributed by atoms with Crippen molar-refractivity contribution in [3.63, 3.8) is 0 Å². The number of fused-ring (bicyclic) bond motifs is 5. The minimum Gasteiger partial charge on any atom is -0.455 e. The molecule has 208 valence electrons. The van der Waals surface area contributed by atoms with E-state index < -0.39 is 52.3 Å². The molecule has 5 unspecified atom stereocenters. The van der Waals surface area contributed by atoms with Crippen molar-refractivity contribution < 1.29 is 41.0 Å². The lowest BCUT2D eigenvalue weighted by Gasteiger charge is -2.42. The van der Waals surface area contributed by atoms with Gasteiger partial charge in [0.1, 0.15) is 0 Å². The van der Waals surface area contributed by atoms with Crippen molar-refractivity contribution in [3.8, 4) is 4.90 Å². The Morgan fingerprint density at radius 2 is 1.48 bits per heavy atom. The molecule has 1 fully saturated rings. The van der Waals surface area contributed by atoms with E-state index in [1.807, 2.05) is 54.6 Å². The van der Waals surface area contributed by atoms with Gasteiger partial charge in [0.15, 0.2) is 20.4 Å². The third-order valence-electron chi connectivity index (χ3n) is 8.04. The van der Waals surface area contributed by atoms with Crippen LogP contribution in [0.25, 0.3) is 25.1 Å². The molecule has 2 aliphatic rings. The molecule has 0 spiro atoms. The Hall–Kier alpha value is -3.37. The Balaban J connectivity index is 1.44. The Bertz CT molecular complexity index is 1610. The molecule has 1 N–H and O–H groups in total. The molecule has 40 heavy (non-hydrogen) atoms. The van der Waals surface area contributed by atoms with E-state index in [-0.39, 0.29) is 17.9 Å². The molecule has 5 atom stereocenters. The molecule has 4 aromatic rings. The number of thiophene rings is 1. The van der Waals surface area contributed by atoms with Gasteiger partial charge in [0.05, 0.1) is 5.56 Å². The van der Waals surface area contributed by atoms with E-state index in [1.54, 1.807) is 18.2 Å². The van der Waals surface area contributed by atoms with E-state index >= 15 is 0 Å². The van der Waals surface area contributed by atoms with Crippen molar-refractivity contribution in [2.75, 3.05) is 0 Å². The average Bonchev–Trinajstić information content (AvgIpc) is 3.63. The first-order valence-electron chi connectivity index (χ1n) is 12.7. The van der Waals surface area contributed by atoms with E-state index in [1.165, 1.54) is 12.1 Å². The summed E-state index contributed by atoms with van der Waals surface area (Å²) in [5.74, 6) is -3.59. The summed E-state index contributed by atoms with van der Waals surface area (Å²) in [6, 6.07) is 21.6. The summed E-state index contributed by atoms with van der Waals surface area (Å²) in [5, 5.41) is 11.8. The highest BCUT2D eigenvalue weighted by molar-refractivity contribution is 7.50. The molecular formula is C30H23F6O3S+. The van der Waals surface area contributed by atoms with Crippen LogP contribution >= 0.6 is 10.5 Å². The van der Waals surface area contributed by atoms with Crippen LogP contribution in [0.2, 0.25) is 0 Å². The number of alkyl halides is 6. The van der Waals surface area contributed by atoms with Gasteiger partial charge in [-0.15, -0.1) is 0 Å². The SMILES string of the molecule is O=C(OC(C1CC2C=CC1C2)C(O)(C(F)(F)F)C(F)(F)F)c1ccc2c(c1)c1ccccc1[s+]2-c1ccccc1. The van der Waals surface area contributed by atoms with Gasteiger partial charge in [-0.05, 0) is 67.1 Å². The number of ether oxygens (including phenoxy) is 1. The highest BCUT2D eigenvalue weighted by Crippen LogP contribution is 2.55.